The molecule has 27 heavy (non-hydrogen) atoms. The monoisotopic (exact) mass is 391 g/mol. The summed E-state index contributed by atoms with van der Waals surface area (Å²) in [6.45, 7) is 8.80. The van der Waals surface area contributed by atoms with Crippen LogP contribution in [0.3, 0.4) is 0 Å². The molecule has 146 valence electrons. The highest BCUT2D eigenvalue weighted by Gasteiger charge is 2.28. The maximum atomic E-state index is 12.4. The van der Waals surface area contributed by atoms with Crippen molar-refractivity contribution in [2.75, 3.05) is 59.0 Å². The number of ether oxygens (including phenoxy) is 1. The third-order valence-electron chi connectivity index (χ3n) is 5.22. The minimum absolute atomic E-state index is 0.0725. The maximum Gasteiger partial charge on any atom is 0.244 e. The van der Waals surface area contributed by atoms with Gasteiger partial charge in [0.25, 0.3) is 0 Å². The Balaban J connectivity index is 1.28. The summed E-state index contributed by atoms with van der Waals surface area (Å²) in [5.74, 6) is 1.51. The van der Waals surface area contributed by atoms with E-state index in [-0.39, 0.29) is 11.9 Å². The molecule has 0 aromatic carbocycles. The van der Waals surface area contributed by atoms with Gasteiger partial charge >= 0.3 is 0 Å². The number of thiophene rings is 1. The van der Waals surface area contributed by atoms with Crippen molar-refractivity contribution in [3.05, 3.63) is 23.4 Å². The molecule has 0 spiro atoms. The molecular weight excluding hydrogens is 366 g/mol. The normalized spacial score (nSPS) is 20.7. The fraction of sp³-hybridized carbons (Fsp3) is 0.611. The van der Waals surface area contributed by atoms with Gasteiger partial charge in [-0.3, -0.25) is 14.6 Å². The third kappa shape index (κ3) is 4.37. The Morgan fingerprint density at radius 2 is 2.00 bits per heavy atom. The summed E-state index contributed by atoms with van der Waals surface area (Å²) in [4.78, 5) is 24.4. The van der Waals surface area contributed by atoms with Crippen LogP contribution in [0.25, 0.3) is 10.7 Å². The molecule has 8 nitrogen and oxygen atoms in total. The lowest BCUT2D eigenvalue weighted by molar-refractivity contribution is -0.137. The van der Waals surface area contributed by atoms with Crippen LogP contribution in [-0.4, -0.2) is 89.8 Å². The van der Waals surface area contributed by atoms with Crippen LogP contribution < -0.4 is 0 Å². The molecule has 4 heterocycles. The van der Waals surface area contributed by atoms with Crippen LogP contribution in [-0.2, 0) is 9.53 Å². The van der Waals surface area contributed by atoms with Crippen molar-refractivity contribution in [1.29, 1.82) is 0 Å². The first-order chi connectivity index (χ1) is 13.2. The van der Waals surface area contributed by atoms with Crippen LogP contribution in [0.1, 0.15) is 18.9 Å². The number of rotatable bonds is 5. The van der Waals surface area contributed by atoms with E-state index in [0.29, 0.717) is 44.6 Å². The van der Waals surface area contributed by atoms with Gasteiger partial charge in [-0.1, -0.05) is 11.2 Å². The van der Waals surface area contributed by atoms with Gasteiger partial charge in [0.2, 0.25) is 17.6 Å². The van der Waals surface area contributed by atoms with Gasteiger partial charge in [0.1, 0.15) is 0 Å². The summed E-state index contributed by atoms with van der Waals surface area (Å²) in [6.07, 6.45) is 0. The summed E-state index contributed by atoms with van der Waals surface area (Å²) in [7, 11) is 0. The Hall–Kier alpha value is -1.81. The minimum Gasteiger partial charge on any atom is -0.378 e. The lowest BCUT2D eigenvalue weighted by Crippen LogP contribution is -2.51. The number of carbonyl (C=O) groups excluding carboxylic acids is 1. The lowest BCUT2D eigenvalue weighted by atomic mass is 10.2. The van der Waals surface area contributed by atoms with Crippen LogP contribution in [0.4, 0.5) is 0 Å². The van der Waals surface area contributed by atoms with Gasteiger partial charge in [0, 0.05) is 39.3 Å². The first-order valence-corrected chi connectivity index (χ1v) is 10.3. The summed E-state index contributed by atoms with van der Waals surface area (Å²) < 4.78 is 10.8. The maximum absolute atomic E-state index is 12.4. The summed E-state index contributed by atoms with van der Waals surface area (Å²) in [5, 5.41) is 6.11. The average Bonchev–Trinajstić information content (AvgIpc) is 3.40. The number of hydrogen-bond donors (Lipinski definition) is 0. The van der Waals surface area contributed by atoms with Crippen LogP contribution in [0.5, 0.6) is 0 Å². The largest absolute Gasteiger partial charge is 0.378 e. The molecule has 2 fully saturated rings. The zero-order valence-electron chi connectivity index (χ0n) is 15.5. The molecule has 2 aliphatic rings. The van der Waals surface area contributed by atoms with E-state index in [2.05, 4.69) is 26.9 Å². The van der Waals surface area contributed by atoms with Gasteiger partial charge in [-0.05, 0) is 18.4 Å². The Morgan fingerprint density at radius 3 is 2.70 bits per heavy atom. The van der Waals surface area contributed by atoms with Crippen molar-refractivity contribution < 1.29 is 14.1 Å². The van der Waals surface area contributed by atoms with Gasteiger partial charge < -0.3 is 14.2 Å². The fourth-order valence-electron chi connectivity index (χ4n) is 3.48. The molecular formula is C18H25N5O3S. The molecule has 2 aliphatic heterocycles. The Labute approximate surface area is 162 Å². The van der Waals surface area contributed by atoms with Crippen molar-refractivity contribution in [3.63, 3.8) is 0 Å². The number of amides is 1. The molecule has 4 rings (SSSR count). The summed E-state index contributed by atoms with van der Waals surface area (Å²) >= 11 is 1.61. The van der Waals surface area contributed by atoms with Crippen LogP contribution in [0, 0.1) is 0 Å². The predicted octanol–water partition coefficient (Wildman–Crippen LogP) is 1.34. The second kappa shape index (κ2) is 8.47. The van der Waals surface area contributed by atoms with E-state index in [1.165, 1.54) is 0 Å². The third-order valence-corrected chi connectivity index (χ3v) is 6.08. The Bertz CT molecular complexity index is 736. The second-order valence-electron chi connectivity index (χ2n) is 6.91. The van der Waals surface area contributed by atoms with Crippen molar-refractivity contribution in [2.24, 2.45) is 0 Å². The molecule has 0 bridgehead atoms. The smallest absolute Gasteiger partial charge is 0.244 e. The summed E-state index contributed by atoms with van der Waals surface area (Å²) in [6, 6.07) is 4.05. The van der Waals surface area contributed by atoms with Crippen molar-refractivity contribution >= 4 is 17.2 Å². The number of aromatic nitrogens is 2. The molecule has 0 saturated carbocycles. The minimum atomic E-state index is 0.0725. The molecule has 2 saturated heterocycles. The van der Waals surface area contributed by atoms with Gasteiger partial charge in [-0.15, -0.1) is 11.3 Å². The number of nitrogens with zero attached hydrogens (tertiary/aromatic N) is 5. The van der Waals surface area contributed by atoms with E-state index in [4.69, 9.17) is 9.26 Å². The van der Waals surface area contributed by atoms with E-state index in [1.807, 2.05) is 22.4 Å². The molecule has 9 heteroatoms. The zero-order chi connectivity index (χ0) is 18.6. The molecule has 2 aromatic rings. The first-order valence-electron chi connectivity index (χ1n) is 9.40. The molecule has 1 atom stereocenters. The van der Waals surface area contributed by atoms with Crippen LogP contribution >= 0.6 is 11.3 Å². The fourth-order valence-corrected chi connectivity index (χ4v) is 4.13. The molecule has 0 N–H and O–H groups in total. The van der Waals surface area contributed by atoms with E-state index >= 15 is 0 Å². The standard InChI is InChI=1S/C18H25N5O3S/c1-14(18-19-17(20-26-18)15-3-2-12-27-15)22-6-4-21(5-7-22)13-16(24)23-8-10-25-11-9-23/h2-3,12,14H,4-11,13H2,1H3. The van der Waals surface area contributed by atoms with Crippen LogP contribution in [0.2, 0.25) is 0 Å². The van der Waals surface area contributed by atoms with Gasteiger partial charge in [0.05, 0.1) is 30.7 Å². The molecule has 1 unspecified atom stereocenters. The zero-order valence-corrected chi connectivity index (χ0v) is 16.4. The molecule has 1 amide bonds. The van der Waals surface area contributed by atoms with E-state index in [0.717, 1.165) is 31.1 Å². The van der Waals surface area contributed by atoms with Gasteiger partial charge in [0.15, 0.2) is 0 Å². The quantitative estimate of drug-likeness (QED) is 0.761. The van der Waals surface area contributed by atoms with Gasteiger partial charge in [-0.2, -0.15) is 4.98 Å². The number of piperazine rings is 1. The van der Waals surface area contributed by atoms with Crippen LogP contribution in [0.15, 0.2) is 22.0 Å². The average molecular weight is 391 g/mol. The van der Waals surface area contributed by atoms with E-state index < -0.39 is 0 Å². The Morgan fingerprint density at radius 1 is 1.22 bits per heavy atom. The van der Waals surface area contributed by atoms with Crippen molar-refractivity contribution in [2.45, 2.75) is 13.0 Å². The molecule has 2 aromatic heterocycles. The first kappa shape index (κ1) is 18.5. The van der Waals surface area contributed by atoms with Crippen molar-refractivity contribution in [3.8, 4) is 10.7 Å². The Kier molecular flexibility index (Phi) is 5.82. The topological polar surface area (TPSA) is 74.9 Å². The predicted molar refractivity (Wildman–Crippen MR) is 101 cm³/mol. The number of hydrogen-bond acceptors (Lipinski definition) is 8. The number of morpholine rings is 1. The molecule has 0 radical (unpaired) electrons. The lowest BCUT2D eigenvalue weighted by Gasteiger charge is -2.37. The highest BCUT2D eigenvalue weighted by Crippen LogP contribution is 2.25. The second-order valence-corrected chi connectivity index (χ2v) is 7.86. The van der Waals surface area contributed by atoms with E-state index in [1.54, 1.807) is 11.3 Å². The highest BCUT2D eigenvalue weighted by molar-refractivity contribution is 7.13. The SMILES string of the molecule is CC(c1nc(-c2cccs2)no1)N1CCN(CC(=O)N2CCOCC2)CC1. The molecule has 0 aliphatic carbocycles. The van der Waals surface area contributed by atoms with Crippen molar-refractivity contribution in [1.82, 2.24) is 24.8 Å². The van der Waals surface area contributed by atoms with Gasteiger partial charge in [-0.25, -0.2) is 0 Å². The summed E-state index contributed by atoms with van der Waals surface area (Å²) in [5.41, 5.74) is 0. The van der Waals surface area contributed by atoms with E-state index in [9.17, 15) is 4.79 Å². The number of carbonyl (C=O) groups is 1. The highest BCUT2D eigenvalue weighted by atomic mass is 32.1.